The second-order valence-corrected chi connectivity index (χ2v) is 5.75. The normalized spacial score (nSPS) is 14.5. The van der Waals surface area contributed by atoms with Crippen LogP contribution in [0.25, 0.3) is 0 Å². The maximum atomic E-state index is 12.2. The summed E-state index contributed by atoms with van der Waals surface area (Å²) < 4.78 is 5.60. The molecule has 4 heteroatoms. The van der Waals surface area contributed by atoms with Crippen LogP contribution in [0.4, 0.5) is 0 Å². The summed E-state index contributed by atoms with van der Waals surface area (Å²) in [5, 5.41) is 3.37. The lowest BCUT2D eigenvalue weighted by atomic mass is 10.0. The fraction of sp³-hybridized carbons (Fsp3) is 0.667. The SMILES string of the molecule is Cc1ccc(C(C)NC(CC(C)C)C(=O)N(C)C)o1. The van der Waals surface area contributed by atoms with Gasteiger partial charge in [0.05, 0.1) is 12.1 Å². The van der Waals surface area contributed by atoms with E-state index in [1.165, 1.54) is 0 Å². The Morgan fingerprint density at radius 2 is 1.95 bits per heavy atom. The van der Waals surface area contributed by atoms with Gasteiger partial charge in [0.1, 0.15) is 11.5 Å². The van der Waals surface area contributed by atoms with Crippen molar-refractivity contribution in [2.45, 2.75) is 46.2 Å². The van der Waals surface area contributed by atoms with Gasteiger partial charge in [0.25, 0.3) is 0 Å². The van der Waals surface area contributed by atoms with Crippen LogP contribution in [0.15, 0.2) is 16.5 Å². The standard InChI is InChI=1S/C15H26N2O2/c1-10(2)9-13(15(18)17(5)6)16-12(4)14-8-7-11(3)19-14/h7-8,10,12-13,16H,9H2,1-6H3. The first kappa shape index (κ1) is 15.8. The average Bonchev–Trinajstić information content (AvgIpc) is 2.73. The summed E-state index contributed by atoms with van der Waals surface area (Å²) in [5.41, 5.74) is 0. The van der Waals surface area contributed by atoms with E-state index in [0.29, 0.717) is 5.92 Å². The van der Waals surface area contributed by atoms with E-state index in [1.807, 2.05) is 26.0 Å². The molecule has 1 heterocycles. The van der Waals surface area contributed by atoms with Gasteiger partial charge in [-0.2, -0.15) is 0 Å². The molecule has 1 aromatic heterocycles. The summed E-state index contributed by atoms with van der Waals surface area (Å²) in [6.45, 7) is 8.19. The molecule has 0 bridgehead atoms. The Hall–Kier alpha value is -1.29. The monoisotopic (exact) mass is 266 g/mol. The molecule has 19 heavy (non-hydrogen) atoms. The molecule has 1 amide bonds. The van der Waals surface area contributed by atoms with Crippen LogP contribution >= 0.6 is 0 Å². The molecule has 2 unspecified atom stereocenters. The molecule has 1 N–H and O–H groups in total. The number of rotatable bonds is 6. The van der Waals surface area contributed by atoms with E-state index in [-0.39, 0.29) is 18.0 Å². The first-order chi connectivity index (χ1) is 8.81. The van der Waals surface area contributed by atoms with Crippen molar-refractivity contribution in [3.8, 4) is 0 Å². The molecule has 1 rings (SSSR count). The van der Waals surface area contributed by atoms with Crippen LogP contribution in [0.3, 0.4) is 0 Å². The van der Waals surface area contributed by atoms with Crippen molar-refractivity contribution in [1.29, 1.82) is 0 Å². The summed E-state index contributed by atoms with van der Waals surface area (Å²) in [6, 6.07) is 3.76. The molecule has 0 aromatic carbocycles. The van der Waals surface area contributed by atoms with Crippen molar-refractivity contribution >= 4 is 5.91 Å². The number of nitrogens with one attached hydrogen (secondary N) is 1. The highest BCUT2D eigenvalue weighted by Gasteiger charge is 2.24. The Balaban J connectivity index is 2.73. The lowest BCUT2D eigenvalue weighted by Crippen LogP contribution is -2.45. The average molecular weight is 266 g/mol. The minimum Gasteiger partial charge on any atom is -0.465 e. The summed E-state index contributed by atoms with van der Waals surface area (Å²) in [6.07, 6.45) is 0.820. The summed E-state index contributed by atoms with van der Waals surface area (Å²) in [4.78, 5) is 13.8. The van der Waals surface area contributed by atoms with E-state index in [2.05, 4.69) is 19.2 Å². The molecule has 4 nitrogen and oxygen atoms in total. The van der Waals surface area contributed by atoms with Crippen LogP contribution in [0.2, 0.25) is 0 Å². The first-order valence-corrected chi connectivity index (χ1v) is 6.84. The topological polar surface area (TPSA) is 45.5 Å². The van der Waals surface area contributed by atoms with E-state index in [0.717, 1.165) is 17.9 Å². The van der Waals surface area contributed by atoms with E-state index < -0.39 is 0 Å². The number of aryl methyl sites for hydroxylation is 1. The molecule has 0 aliphatic rings. The minimum atomic E-state index is -0.171. The highest BCUT2D eigenvalue weighted by Crippen LogP contribution is 2.18. The molecule has 0 aliphatic heterocycles. The number of carbonyl (C=O) groups is 1. The van der Waals surface area contributed by atoms with Crippen LogP contribution in [0.5, 0.6) is 0 Å². The lowest BCUT2D eigenvalue weighted by molar-refractivity contribution is -0.131. The Morgan fingerprint density at radius 3 is 2.37 bits per heavy atom. The van der Waals surface area contributed by atoms with Crippen molar-refractivity contribution in [3.05, 3.63) is 23.7 Å². The summed E-state index contributed by atoms with van der Waals surface area (Å²) >= 11 is 0. The smallest absolute Gasteiger partial charge is 0.239 e. The van der Waals surface area contributed by atoms with Crippen molar-refractivity contribution in [1.82, 2.24) is 10.2 Å². The number of nitrogens with zero attached hydrogens (tertiary/aromatic N) is 1. The number of carbonyl (C=O) groups excluding carboxylic acids is 1. The van der Waals surface area contributed by atoms with Crippen molar-refractivity contribution in [3.63, 3.8) is 0 Å². The van der Waals surface area contributed by atoms with Crippen LogP contribution in [0, 0.1) is 12.8 Å². The Morgan fingerprint density at radius 1 is 1.32 bits per heavy atom. The number of likely N-dealkylation sites (N-methyl/N-ethyl adjacent to an activating group) is 1. The van der Waals surface area contributed by atoms with Gasteiger partial charge in [-0.25, -0.2) is 0 Å². The summed E-state index contributed by atoms with van der Waals surface area (Å²) in [5.74, 6) is 2.34. The van der Waals surface area contributed by atoms with Crippen LogP contribution < -0.4 is 5.32 Å². The van der Waals surface area contributed by atoms with E-state index in [1.54, 1.807) is 19.0 Å². The lowest BCUT2D eigenvalue weighted by Gasteiger charge is -2.25. The van der Waals surface area contributed by atoms with Crippen LogP contribution in [-0.2, 0) is 4.79 Å². The van der Waals surface area contributed by atoms with E-state index >= 15 is 0 Å². The van der Waals surface area contributed by atoms with Gasteiger partial charge in [-0.1, -0.05) is 13.8 Å². The molecular formula is C15H26N2O2. The number of furan rings is 1. The highest BCUT2D eigenvalue weighted by molar-refractivity contribution is 5.81. The van der Waals surface area contributed by atoms with Gasteiger partial charge in [-0.05, 0) is 38.3 Å². The molecule has 0 aliphatic carbocycles. The van der Waals surface area contributed by atoms with Gasteiger partial charge in [0, 0.05) is 14.1 Å². The molecule has 0 saturated carbocycles. The van der Waals surface area contributed by atoms with Gasteiger partial charge in [0.15, 0.2) is 0 Å². The molecule has 0 radical (unpaired) electrons. The molecular weight excluding hydrogens is 240 g/mol. The Kier molecular flexibility index (Phi) is 5.60. The molecule has 2 atom stereocenters. The number of amides is 1. The van der Waals surface area contributed by atoms with E-state index in [9.17, 15) is 4.79 Å². The maximum Gasteiger partial charge on any atom is 0.239 e. The van der Waals surface area contributed by atoms with Crippen LogP contribution in [0.1, 0.15) is 44.8 Å². The van der Waals surface area contributed by atoms with Gasteiger partial charge in [0.2, 0.25) is 5.91 Å². The van der Waals surface area contributed by atoms with Gasteiger partial charge in [-0.3, -0.25) is 10.1 Å². The highest BCUT2D eigenvalue weighted by atomic mass is 16.3. The molecule has 0 fully saturated rings. The Labute approximate surface area is 116 Å². The minimum absolute atomic E-state index is 0.0290. The zero-order chi connectivity index (χ0) is 14.6. The van der Waals surface area contributed by atoms with Gasteiger partial charge >= 0.3 is 0 Å². The van der Waals surface area contributed by atoms with Crippen molar-refractivity contribution < 1.29 is 9.21 Å². The third kappa shape index (κ3) is 4.71. The fourth-order valence-electron chi connectivity index (χ4n) is 2.09. The number of hydrogen-bond donors (Lipinski definition) is 1. The molecule has 0 spiro atoms. The van der Waals surface area contributed by atoms with E-state index in [4.69, 9.17) is 4.42 Å². The quantitative estimate of drug-likeness (QED) is 0.861. The molecule has 108 valence electrons. The predicted molar refractivity (Wildman–Crippen MR) is 76.9 cm³/mol. The fourth-order valence-corrected chi connectivity index (χ4v) is 2.09. The largest absolute Gasteiger partial charge is 0.465 e. The second kappa shape index (κ2) is 6.75. The Bertz CT molecular complexity index is 410. The summed E-state index contributed by atoms with van der Waals surface area (Å²) in [7, 11) is 3.58. The third-order valence-electron chi connectivity index (χ3n) is 3.09. The van der Waals surface area contributed by atoms with Crippen molar-refractivity contribution in [2.24, 2.45) is 5.92 Å². The molecule has 0 saturated heterocycles. The van der Waals surface area contributed by atoms with Gasteiger partial charge in [-0.15, -0.1) is 0 Å². The third-order valence-corrected chi connectivity index (χ3v) is 3.09. The maximum absolute atomic E-state index is 12.2. The zero-order valence-corrected chi connectivity index (χ0v) is 12.9. The van der Waals surface area contributed by atoms with Gasteiger partial charge < -0.3 is 9.32 Å². The first-order valence-electron chi connectivity index (χ1n) is 6.84. The van der Waals surface area contributed by atoms with Crippen molar-refractivity contribution in [2.75, 3.05) is 14.1 Å². The number of hydrogen-bond acceptors (Lipinski definition) is 3. The molecule has 1 aromatic rings. The van der Waals surface area contributed by atoms with Crippen LogP contribution in [-0.4, -0.2) is 30.9 Å². The predicted octanol–water partition coefficient (Wildman–Crippen LogP) is 2.74. The second-order valence-electron chi connectivity index (χ2n) is 5.75. The zero-order valence-electron chi connectivity index (χ0n) is 12.9.